The summed E-state index contributed by atoms with van der Waals surface area (Å²) in [6, 6.07) is 4.51. The summed E-state index contributed by atoms with van der Waals surface area (Å²) in [6.45, 7) is 6.08. The summed E-state index contributed by atoms with van der Waals surface area (Å²) >= 11 is 7.52. The van der Waals surface area contributed by atoms with Crippen LogP contribution in [0.4, 0.5) is 10.2 Å². The lowest BCUT2D eigenvalue weighted by atomic mass is 9.95. The molecule has 1 amide bonds. The average Bonchev–Trinajstić information content (AvgIpc) is 3.14. The largest absolute Gasteiger partial charge is 0.356 e. The highest BCUT2D eigenvalue weighted by atomic mass is 35.5. The predicted octanol–water partition coefficient (Wildman–Crippen LogP) is 4.89. The van der Waals surface area contributed by atoms with Crippen LogP contribution in [0.3, 0.4) is 0 Å². The number of carbonyl (C=O) groups is 1. The number of nitrogens with one attached hydrogen (secondary N) is 1. The lowest BCUT2D eigenvalue weighted by molar-refractivity contribution is -0.125. The van der Waals surface area contributed by atoms with Gasteiger partial charge in [-0.25, -0.2) is 14.4 Å². The van der Waals surface area contributed by atoms with Crippen LogP contribution in [-0.2, 0) is 17.8 Å². The minimum absolute atomic E-state index is 0.0314. The number of halogens is 2. The van der Waals surface area contributed by atoms with E-state index in [1.807, 2.05) is 0 Å². The molecular formula is C22H24ClFN4OS. The smallest absolute Gasteiger partial charge is 0.223 e. The number of fused-ring (bicyclic) bond motifs is 1. The van der Waals surface area contributed by atoms with Crippen molar-refractivity contribution in [3.8, 4) is 0 Å². The zero-order chi connectivity index (χ0) is 21.3. The van der Waals surface area contributed by atoms with Crippen LogP contribution in [0.2, 0.25) is 5.02 Å². The van der Waals surface area contributed by atoms with Crippen LogP contribution in [0.15, 0.2) is 23.6 Å². The summed E-state index contributed by atoms with van der Waals surface area (Å²) in [5, 5.41) is 6.26. The number of hydrogen-bond donors (Lipinski definition) is 1. The highest BCUT2D eigenvalue weighted by molar-refractivity contribution is 7.11. The second kappa shape index (κ2) is 8.86. The standard InChI is InChI=1S/C22H24ClFN4OS/c1-3-19-26-18-12-30-13(2)20(18)21(27-19)28-8-6-15(7-9-28)22(29)25-11-14-4-5-17(24)16(23)10-14/h4-5,10,12,15H,3,6-9,11H2,1-2H3,(H,25,29). The summed E-state index contributed by atoms with van der Waals surface area (Å²) in [4.78, 5) is 25.6. The number of aromatic nitrogens is 2. The van der Waals surface area contributed by atoms with Crippen LogP contribution in [-0.4, -0.2) is 29.0 Å². The fourth-order valence-electron chi connectivity index (χ4n) is 3.86. The Morgan fingerprint density at radius 2 is 2.10 bits per heavy atom. The molecule has 3 aromatic rings. The van der Waals surface area contributed by atoms with Gasteiger partial charge in [-0.15, -0.1) is 11.3 Å². The zero-order valence-electron chi connectivity index (χ0n) is 17.0. The van der Waals surface area contributed by atoms with Crippen molar-refractivity contribution in [2.45, 2.75) is 39.7 Å². The molecule has 1 N–H and O–H groups in total. The maximum Gasteiger partial charge on any atom is 0.223 e. The zero-order valence-corrected chi connectivity index (χ0v) is 18.6. The molecule has 0 bridgehead atoms. The molecular weight excluding hydrogens is 423 g/mol. The van der Waals surface area contributed by atoms with Crippen LogP contribution < -0.4 is 10.2 Å². The molecule has 3 heterocycles. The van der Waals surface area contributed by atoms with Gasteiger partial charge in [0.05, 0.1) is 15.9 Å². The average molecular weight is 447 g/mol. The van der Waals surface area contributed by atoms with Gasteiger partial charge >= 0.3 is 0 Å². The Balaban J connectivity index is 1.40. The van der Waals surface area contributed by atoms with E-state index in [1.54, 1.807) is 23.5 Å². The Labute approximate surface area is 184 Å². The number of amides is 1. The first-order chi connectivity index (χ1) is 14.5. The van der Waals surface area contributed by atoms with Crippen LogP contribution in [0.25, 0.3) is 10.9 Å². The fourth-order valence-corrected chi connectivity index (χ4v) is 4.84. The molecule has 0 saturated carbocycles. The molecule has 8 heteroatoms. The van der Waals surface area contributed by atoms with Gasteiger partial charge in [0.2, 0.25) is 5.91 Å². The summed E-state index contributed by atoms with van der Waals surface area (Å²) < 4.78 is 13.3. The second-order valence-corrected chi connectivity index (χ2v) is 9.09. The third-order valence-corrected chi connectivity index (χ3v) is 6.78. The summed E-state index contributed by atoms with van der Waals surface area (Å²) in [6.07, 6.45) is 2.34. The highest BCUT2D eigenvalue weighted by Gasteiger charge is 2.27. The van der Waals surface area contributed by atoms with E-state index in [1.165, 1.54) is 10.9 Å². The highest BCUT2D eigenvalue weighted by Crippen LogP contribution is 2.33. The minimum atomic E-state index is -0.454. The molecule has 0 radical (unpaired) electrons. The van der Waals surface area contributed by atoms with Gasteiger partial charge in [0.15, 0.2) is 0 Å². The molecule has 30 heavy (non-hydrogen) atoms. The second-order valence-electron chi connectivity index (χ2n) is 7.60. The van der Waals surface area contributed by atoms with E-state index in [0.717, 1.165) is 60.5 Å². The third kappa shape index (κ3) is 4.27. The number of anilines is 1. The van der Waals surface area contributed by atoms with Gasteiger partial charge < -0.3 is 10.2 Å². The predicted molar refractivity (Wildman–Crippen MR) is 120 cm³/mol. The van der Waals surface area contributed by atoms with E-state index in [9.17, 15) is 9.18 Å². The number of hydrogen-bond acceptors (Lipinski definition) is 5. The van der Waals surface area contributed by atoms with Gasteiger partial charge in [-0.2, -0.15) is 0 Å². The Kier molecular flexibility index (Phi) is 6.20. The maximum atomic E-state index is 13.3. The van der Waals surface area contributed by atoms with E-state index in [4.69, 9.17) is 16.6 Å². The Bertz CT molecular complexity index is 1080. The third-order valence-electron chi connectivity index (χ3n) is 5.60. The van der Waals surface area contributed by atoms with Gasteiger partial charge in [-0.1, -0.05) is 24.6 Å². The van der Waals surface area contributed by atoms with Gasteiger partial charge in [0, 0.05) is 42.2 Å². The molecule has 1 aliphatic rings. The Morgan fingerprint density at radius 1 is 1.33 bits per heavy atom. The molecule has 1 aliphatic heterocycles. The first kappa shape index (κ1) is 21.0. The number of rotatable bonds is 5. The quantitative estimate of drug-likeness (QED) is 0.606. The molecule has 0 aliphatic carbocycles. The Hall–Kier alpha value is -2.25. The van der Waals surface area contributed by atoms with Crippen molar-refractivity contribution >= 4 is 45.6 Å². The number of carbonyl (C=O) groups excluding carboxylic acids is 1. The van der Waals surface area contributed by atoms with Gasteiger partial charge in [-0.3, -0.25) is 4.79 Å². The fraction of sp³-hybridized carbons (Fsp3) is 0.409. The molecule has 1 aromatic carbocycles. The van der Waals surface area contributed by atoms with Crippen molar-refractivity contribution in [2.75, 3.05) is 18.0 Å². The Morgan fingerprint density at radius 3 is 2.80 bits per heavy atom. The summed E-state index contributed by atoms with van der Waals surface area (Å²) in [5.41, 5.74) is 1.80. The van der Waals surface area contributed by atoms with Crippen LogP contribution in [0, 0.1) is 18.7 Å². The van der Waals surface area contributed by atoms with Crippen molar-refractivity contribution in [2.24, 2.45) is 5.92 Å². The topological polar surface area (TPSA) is 58.1 Å². The van der Waals surface area contributed by atoms with Gasteiger partial charge in [0.1, 0.15) is 17.5 Å². The lowest BCUT2D eigenvalue weighted by Crippen LogP contribution is -2.40. The normalized spacial score (nSPS) is 15.0. The van der Waals surface area contributed by atoms with E-state index in [0.29, 0.717) is 6.54 Å². The number of thiophene rings is 1. The van der Waals surface area contributed by atoms with Gasteiger partial charge in [-0.05, 0) is 37.5 Å². The molecule has 2 aromatic heterocycles. The maximum absolute atomic E-state index is 13.3. The van der Waals surface area contributed by atoms with Crippen molar-refractivity contribution in [3.63, 3.8) is 0 Å². The lowest BCUT2D eigenvalue weighted by Gasteiger charge is -2.32. The van der Waals surface area contributed by atoms with Crippen molar-refractivity contribution in [3.05, 3.63) is 50.7 Å². The van der Waals surface area contributed by atoms with Crippen LogP contribution >= 0.6 is 22.9 Å². The van der Waals surface area contributed by atoms with Crippen LogP contribution in [0.1, 0.15) is 36.0 Å². The van der Waals surface area contributed by atoms with Crippen LogP contribution in [0.5, 0.6) is 0 Å². The number of nitrogens with zero attached hydrogens (tertiary/aromatic N) is 3. The van der Waals surface area contributed by atoms with E-state index >= 15 is 0 Å². The van der Waals surface area contributed by atoms with E-state index in [2.05, 4.69) is 34.4 Å². The minimum Gasteiger partial charge on any atom is -0.356 e. The van der Waals surface area contributed by atoms with Crippen molar-refractivity contribution < 1.29 is 9.18 Å². The number of aryl methyl sites for hydroxylation is 2. The molecule has 158 valence electrons. The number of benzene rings is 1. The number of piperidine rings is 1. The SMILES string of the molecule is CCc1nc(N2CCC(C(=O)NCc3ccc(F)c(Cl)c3)CC2)c2c(C)scc2n1. The summed E-state index contributed by atoms with van der Waals surface area (Å²) in [5.74, 6) is 1.39. The molecule has 0 unspecified atom stereocenters. The monoisotopic (exact) mass is 446 g/mol. The molecule has 4 rings (SSSR count). The van der Waals surface area contributed by atoms with E-state index < -0.39 is 5.82 Å². The van der Waals surface area contributed by atoms with Crippen molar-refractivity contribution in [1.29, 1.82) is 0 Å². The first-order valence-corrected chi connectivity index (χ1v) is 11.4. The van der Waals surface area contributed by atoms with Crippen molar-refractivity contribution in [1.82, 2.24) is 15.3 Å². The van der Waals surface area contributed by atoms with Gasteiger partial charge in [0.25, 0.3) is 0 Å². The molecule has 0 spiro atoms. The van der Waals surface area contributed by atoms with E-state index in [-0.39, 0.29) is 16.8 Å². The molecule has 0 atom stereocenters. The first-order valence-electron chi connectivity index (χ1n) is 10.2. The summed E-state index contributed by atoms with van der Waals surface area (Å²) in [7, 11) is 0. The molecule has 1 saturated heterocycles. The molecule has 5 nitrogen and oxygen atoms in total. The molecule has 1 fully saturated rings.